The molecule has 0 unspecified atom stereocenters. The van der Waals surface area contributed by atoms with Crippen LogP contribution in [-0.2, 0) is 11.3 Å². The van der Waals surface area contributed by atoms with Crippen LogP contribution in [0.5, 0.6) is 0 Å². The van der Waals surface area contributed by atoms with Crippen LogP contribution in [0, 0.1) is 6.92 Å². The summed E-state index contributed by atoms with van der Waals surface area (Å²) in [6.45, 7) is 6.85. The standard InChI is InChI=1S/C12H19N3O/c1-9(2)14-8-12(16)15-7-11-10(3)5-4-6-13-11/h4-6,9,14H,7-8H2,1-3H3,(H,15,16). The lowest BCUT2D eigenvalue weighted by Crippen LogP contribution is -2.36. The van der Waals surface area contributed by atoms with E-state index in [0.29, 0.717) is 19.1 Å². The number of hydrogen-bond acceptors (Lipinski definition) is 3. The highest BCUT2D eigenvalue weighted by atomic mass is 16.1. The van der Waals surface area contributed by atoms with Gasteiger partial charge in [0.1, 0.15) is 0 Å². The van der Waals surface area contributed by atoms with E-state index in [1.165, 1.54) is 0 Å². The number of carbonyl (C=O) groups excluding carboxylic acids is 1. The smallest absolute Gasteiger partial charge is 0.234 e. The highest BCUT2D eigenvalue weighted by Gasteiger charge is 2.03. The van der Waals surface area contributed by atoms with E-state index in [9.17, 15) is 4.79 Å². The molecule has 1 heterocycles. The fraction of sp³-hybridized carbons (Fsp3) is 0.500. The number of aryl methyl sites for hydroxylation is 1. The zero-order valence-corrected chi connectivity index (χ0v) is 10.1. The minimum atomic E-state index is -0.00115. The second-order valence-corrected chi connectivity index (χ2v) is 4.08. The maximum absolute atomic E-state index is 11.4. The van der Waals surface area contributed by atoms with Crippen molar-refractivity contribution < 1.29 is 4.79 Å². The first-order valence-corrected chi connectivity index (χ1v) is 5.50. The molecule has 16 heavy (non-hydrogen) atoms. The molecule has 0 spiro atoms. The topological polar surface area (TPSA) is 54.0 Å². The van der Waals surface area contributed by atoms with E-state index in [2.05, 4.69) is 15.6 Å². The van der Waals surface area contributed by atoms with E-state index in [1.54, 1.807) is 6.20 Å². The molecular weight excluding hydrogens is 202 g/mol. The van der Waals surface area contributed by atoms with Crippen molar-refractivity contribution in [2.75, 3.05) is 6.54 Å². The average Bonchev–Trinajstić information content (AvgIpc) is 2.25. The van der Waals surface area contributed by atoms with Crippen LogP contribution in [0.15, 0.2) is 18.3 Å². The zero-order valence-electron chi connectivity index (χ0n) is 10.1. The fourth-order valence-corrected chi connectivity index (χ4v) is 1.25. The quantitative estimate of drug-likeness (QED) is 0.780. The Hall–Kier alpha value is -1.42. The number of carbonyl (C=O) groups is 1. The molecule has 1 aromatic rings. The highest BCUT2D eigenvalue weighted by Crippen LogP contribution is 2.01. The maximum atomic E-state index is 11.4. The predicted octanol–water partition coefficient (Wildman–Crippen LogP) is 1.00. The molecule has 0 atom stereocenters. The van der Waals surface area contributed by atoms with Gasteiger partial charge in [0.2, 0.25) is 5.91 Å². The molecule has 0 saturated carbocycles. The van der Waals surface area contributed by atoms with Crippen LogP contribution in [0.25, 0.3) is 0 Å². The largest absolute Gasteiger partial charge is 0.349 e. The van der Waals surface area contributed by atoms with Crippen LogP contribution >= 0.6 is 0 Å². The van der Waals surface area contributed by atoms with Gasteiger partial charge in [0.05, 0.1) is 18.8 Å². The Labute approximate surface area is 96.5 Å². The number of nitrogens with zero attached hydrogens (tertiary/aromatic N) is 1. The number of pyridine rings is 1. The Kier molecular flexibility index (Phi) is 4.92. The van der Waals surface area contributed by atoms with E-state index in [0.717, 1.165) is 11.3 Å². The van der Waals surface area contributed by atoms with E-state index in [-0.39, 0.29) is 5.91 Å². The molecule has 0 bridgehead atoms. The first-order chi connectivity index (χ1) is 7.59. The molecule has 0 aliphatic heterocycles. The molecule has 1 aromatic heterocycles. The molecule has 88 valence electrons. The fourth-order valence-electron chi connectivity index (χ4n) is 1.25. The summed E-state index contributed by atoms with van der Waals surface area (Å²) in [5, 5.41) is 5.89. The highest BCUT2D eigenvalue weighted by molar-refractivity contribution is 5.77. The molecule has 0 aliphatic carbocycles. The Morgan fingerprint density at radius 3 is 2.88 bits per heavy atom. The zero-order chi connectivity index (χ0) is 12.0. The third-order valence-corrected chi connectivity index (χ3v) is 2.24. The van der Waals surface area contributed by atoms with Gasteiger partial charge in [0, 0.05) is 12.2 Å². The van der Waals surface area contributed by atoms with Crippen molar-refractivity contribution in [1.29, 1.82) is 0 Å². The SMILES string of the molecule is Cc1cccnc1CNC(=O)CNC(C)C. The van der Waals surface area contributed by atoms with Crippen molar-refractivity contribution >= 4 is 5.91 Å². The van der Waals surface area contributed by atoms with Crippen molar-refractivity contribution in [3.05, 3.63) is 29.6 Å². The van der Waals surface area contributed by atoms with E-state index < -0.39 is 0 Å². The summed E-state index contributed by atoms with van der Waals surface area (Å²) >= 11 is 0. The number of hydrogen-bond donors (Lipinski definition) is 2. The summed E-state index contributed by atoms with van der Waals surface area (Å²) in [6.07, 6.45) is 1.74. The molecule has 1 rings (SSSR count). The minimum Gasteiger partial charge on any atom is -0.349 e. The van der Waals surface area contributed by atoms with Gasteiger partial charge in [-0.2, -0.15) is 0 Å². The van der Waals surface area contributed by atoms with Crippen molar-refractivity contribution in [2.24, 2.45) is 0 Å². The van der Waals surface area contributed by atoms with Gasteiger partial charge < -0.3 is 10.6 Å². The van der Waals surface area contributed by atoms with Crippen LogP contribution in [0.3, 0.4) is 0 Å². The molecule has 0 aliphatic rings. The third-order valence-electron chi connectivity index (χ3n) is 2.24. The molecule has 4 heteroatoms. The Morgan fingerprint density at radius 2 is 2.25 bits per heavy atom. The molecule has 0 aromatic carbocycles. The van der Waals surface area contributed by atoms with Gasteiger partial charge in [-0.15, -0.1) is 0 Å². The normalized spacial score (nSPS) is 10.5. The van der Waals surface area contributed by atoms with Crippen molar-refractivity contribution in [3.63, 3.8) is 0 Å². The van der Waals surface area contributed by atoms with Gasteiger partial charge >= 0.3 is 0 Å². The molecule has 4 nitrogen and oxygen atoms in total. The maximum Gasteiger partial charge on any atom is 0.234 e. The van der Waals surface area contributed by atoms with Gasteiger partial charge in [-0.1, -0.05) is 19.9 Å². The third kappa shape index (κ3) is 4.40. The van der Waals surface area contributed by atoms with Crippen molar-refractivity contribution in [3.8, 4) is 0 Å². The summed E-state index contributed by atoms with van der Waals surface area (Å²) < 4.78 is 0. The van der Waals surface area contributed by atoms with Gasteiger partial charge in [-0.05, 0) is 18.6 Å². The molecule has 1 amide bonds. The second-order valence-electron chi connectivity index (χ2n) is 4.08. The summed E-state index contributed by atoms with van der Waals surface area (Å²) in [4.78, 5) is 15.6. The lowest BCUT2D eigenvalue weighted by atomic mass is 10.2. The first-order valence-electron chi connectivity index (χ1n) is 5.50. The monoisotopic (exact) mass is 221 g/mol. The number of amides is 1. The Bertz CT molecular complexity index is 350. The van der Waals surface area contributed by atoms with E-state index in [4.69, 9.17) is 0 Å². The summed E-state index contributed by atoms with van der Waals surface area (Å²) in [5.74, 6) is -0.00115. The number of nitrogens with one attached hydrogen (secondary N) is 2. The van der Waals surface area contributed by atoms with Crippen LogP contribution < -0.4 is 10.6 Å². The molecule has 0 saturated heterocycles. The van der Waals surface area contributed by atoms with Crippen molar-refractivity contribution in [1.82, 2.24) is 15.6 Å². The summed E-state index contributed by atoms with van der Waals surface area (Å²) in [6, 6.07) is 4.20. The summed E-state index contributed by atoms with van der Waals surface area (Å²) in [7, 11) is 0. The minimum absolute atomic E-state index is 0.00115. The Morgan fingerprint density at radius 1 is 1.50 bits per heavy atom. The van der Waals surface area contributed by atoms with Crippen LogP contribution in [-0.4, -0.2) is 23.5 Å². The van der Waals surface area contributed by atoms with Crippen LogP contribution in [0.2, 0.25) is 0 Å². The van der Waals surface area contributed by atoms with Gasteiger partial charge in [-0.3, -0.25) is 9.78 Å². The first kappa shape index (κ1) is 12.6. The number of rotatable bonds is 5. The van der Waals surface area contributed by atoms with E-state index >= 15 is 0 Å². The van der Waals surface area contributed by atoms with Crippen molar-refractivity contribution in [2.45, 2.75) is 33.4 Å². The molecule has 0 fully saturated rings. The lowest BCUT2D eigenvalue weighted by Gasteiger charge is -2.09. The van der Waals surface area contributed by atoms with Gasteiger partial charge in [0.15, 0.2) is 0 Å². The van der Waals surface area contributed by atoms with Gasteiger partial charge in [-0.25, -0.2) is 0 Å². The Balaban J connectivity index is 2.35. The molecule has 2 N–H and O–H groups in total. The second kappa shape index (κ2) is 6.23. The molecule has 0 radical (unpaired) electrons. The van der Waals surface area contributed by atoms with Crippen LogP contribution in [0.1, 0.15) is 25.1 Å². The van der Waals surface area contributed by atoms with E-state index in [1.807, 2.05) is 32.9 Å². The van der Waals surface area contributed by atoms with Gasteiger partial charge in [0.25, 0.3) is 0 Å². The summed E-state index contributed by atoms with van der Waals surface area (Å²) in [5.41, 5.74) is 2.01. The predicted molar refractivity (Wildman–Crippen MR) is 64.0 cm³/mol. The van der Waals surface area contributed by atoms with Crippen LogP contribution in [0.4, 0.5) is 0 Å². The number of aromatic nitrogens is 1. The average molecular weight is 221 g/mol. The molecular formula is C12H19N3O. The lowest BCUT2D eigenvalue weighted by molar-refractivity contribution is -0.120.